The van der Waals surface area contributed by atoms with Crippen LogP contribution in [0.4, 0.5) is 0 Å². The summed E-state index contributed by atoms with van der Waals surface area (Å²) < 4.78 is 10.6. The van der Waals surface area contributed by atoms with E-state index in [4.69, 9.17) is 15.0 Å². The second-order valence-electron chi connectivity index (χ2n) is 4.10. The van der Waals surface area contributed by atoms with Gasteiger partial charge in [-0.05, 0) is 33.2 Å². The average Bonchev–Trinajstić information content (AvgIpc) is 2.78. The summed E-state index contributed by atoms with van der Waals surface area (Å²) in [6.45, 7) is 5.31. The molecular formula is C12H23N3O2. The van der Waals surface area contributed by atoms with E-state index >= 15 is 0 Å². The number of ether oxygens (including phenoxy) is 1. The Kier molecular flexibility index (Phi) is 6.81. The highest BCUT2D eigenvalue weighted by Crippen LogP contribution is 2.14. The summed E-state index contributed by atoms with van der Waals surface area (Å²) >= 11 is 0. The fraction of sp³-hybridized carbons (Fsp3) is 0.833. The number of aryl methyl sites for hydroxylation is 1. The predicted octanol–water partition coefficient (Wildman–Crippen LogP) is 2.23. The zero-order chi connectivity index (χ0) is 12.5. The molecule has 1 heterocycles. The molecule has 0 aromatic carbocycles. The topological polar surface area (TPSA) is 74.2 Å². The van der Waals surface area contributed by atoms with Gasteiger partial charge in [-0.3, -0.25) is 0 Å². The van der Waals surface area contributed by atoms with Gasteiger partial charge in [0.05, 0.1) is 0 Å². The quantitative estimate of drug-likeness (QED) is 0.671. The number of nitrogens with two attached hydrogens (primary N) is 1. The van der Waals surface area contributed by atoms with Gasteiger partial charge in [-0.25, -0.2) is 0 Å². The van der Waals surface area contributed by atoms with Crippen molar-refractivity contribution in [2.75, 3.05) is 13.2 Å². The Bertz CT molecular complexity index is 302. The minimum atomic E-state index is -0.0882. The summed E-state index contributed by atoms with van der Waals surface area (Å²) in [5.41, 5.74) is 5.43. The normalized spacial score (nSPS) is 12.9. The fourth-order valence-corrected chi connectivity index (χ4v) is 1.63. The van der Waals surface area contributed by atoms with E-state index in [1.54, 1.807) is 0 Å². The molecule has 1 unspecified atom stereocenters. The summed E-state index contributed by atoms with van der Waals surface area (Å²) in [5.74, 6) is 1.35. The van der Waals surface area contributed by atoms with Gasteiger partial charge in [0.25, 0.3) is 0 Å². The molecule has 98 valence electrons. The van der Waals surface area contributed by atoms with Crippen molar-refractivity contribution in [3.8, 4) is 0 Å². The van der Waals surface area contributed by atoms with Crippen LogP contribution in [0, 0.1) is 0 Å². The van der Waals surface area contributed by atoms with E-state index in [-0.39, 0.29) is 6.10 Å². The fourth-order valence-electron chi connectivity index (χ4n) is 1.63. The largest absolute Gasteiger partial charge is 0.371 e. The first-order chi connectivity index (χ1) is 8.27. The molecule has 1 atom stereocenters. The van der Waals surface area contributed by atoms with Crippen LogP contribution < -0.4 is 5.73 Å². The van der Waals surface area contributed by atoms with Crippen LogP contribution in [-0.4, -0.2) is 23.3 Å². The second kappa shape index (κ2) is 8.20. The van der Waals surface area contributed by atoms with Crippen molar-refractivity contribution >= 4 is 0 Å². The first kappa shape index (κ1) is 14.1. The SMILES string of the molecule is CCOC(C)c1noc(CCCCCCN)n1. The lowest BCUT2D eigenvalue weighted by Gasteiger charge is -2.04. The van der Waals surface area contributed by atoms with E-state index < -0.39 is 0 Å². The molecule has 5 nitrogen and oxygen atoms in total. The Morgan fingerprint density at radius 2 is 2.06 bits per heavy atom. The van der Waals surface area contributed by atoms with Crippen molar-refractivity contribution in [3.05, 3.63) is 11.7 Å². The third-order valence-electron chi connectivity index (χ3n) is 2.61. The lowest BCUT2D eigenvalue weighted by atomic mass is 10.1. The minimum absolute atomic E-state index is 0.0882. The first-order valence-corrected chi connectivity index (χ1v) is 6.42. The molecule has 0 radical (unpaired) electrons. The van der Waals surface area contributed by atoms with Crippen LogP contribution in [0.1, 0.15) is 57.3 Å². The summed E-state index contributed by atoms with van der Waals surface area (Å²) in [6.07, 6.45) is 5.26. The molecule has 0 bridgehead atoms. The van der Waals surface area contributed by atoms with Gasteiger partial charge in [-0.15, -0.1) is 0 Å². The van der Waals surface area contributed by atoms with Crippen molar-refractivity contribution < 1.29 is 9.26 Å². The van der Waals surface area contributed by atoms with E-state index in [0.717, 1.165) is 32.2 Å². The van der Waals surface area contributed by atoms with E-state index in [2.05, 4.69) is 10.1 Å². The molecule has 0 fully saturated rings. The van der Waals surface area contributed by atoms with Crippen molar-refractivity contribution in [1.29, 1.82) is 0 Å². The van der Waals surface area contributed by atoms with Crippen LogP contribution in [0.2, 0.25) is 0 Å². The van der Waals surface area contributed by atoms with E-state index in [1.807, 2.05) is 13.8 Å². The van der Waals surface area contributed by atoms with E-state index in [0.29, 0.717) is 18.3 Å². The average molecular weight is 241 g/mol. The number of aromatic nitrogens is 2. The molecular weight excluding hydrogens is 218 g/mol. The molecule has 0 spiro atoms. The first-order valence-electron chi connectivity index (χ1n) is 6.42. The van der Waals surface area contributed by atoms with E-state index in [1.165, 1.54) is 6.42 Å². The van der Waals surface area contributed by atoms with Crippen LogP contribution >= 0.6 is 0 Å². The Labute approximate surface area is 103 Å². The third-order valence-corrected chi connectivity index (χ3v) is 2.61. The van der Waals surface area contributed by atoms with Crippen LogP contribution in [0.15, 0.2) is 4.52 Å². The molecule has 0 aliphatic heterocycles. The van der Waals surface area contributed by atoms with Gasteiger partial charge in [0.1, 0.15) is 6.10 Å². The number of unbranched alkanes of at least 4 members (excludes halogenated alkanes) is 3. The van der Waals surface area contributed by atoms with Crippen molar-refractivity contribution in [2.45, 2.75) is 52.1 Å². The molecule has 0 amide bonds. The molecule has 0 aliphatic rings. The summed E-state index contributed by atoms with van der Waals surface area (Å²) in [4.78, 5) is 4.32. The third kappa shape index (κ3) is 5.28. The van der Waals surface area contributed by atoms with E-state index in [9.17, 15) is 0 Å². The zero-order valence-corrected chi connectivity index (χ0v) is 10.8. The second-order valence-corrected chi connectivity index (χ2v) is 4.10. The van der Waals surface area contributed by atoms with Crippen molar-refractivity contribution in [2.24, 2.45) is 5.73 Å². The van der Waals surface area contributed by atoms with Gasteiger partial charge < -0.3 is 15.0 Å². The summed E-state index contributed by atoms with van der Waals surface area (Å²) in [5, 5.41) is 3.92. The number of nitrogens with zero attached hydrogens (tertiary/aromatic N) is 2. The number of hydrogen-bond donors (Lipinski definition) is 1. The summed E-state index contributed by atoms with van der Waals surface area (Å²) in [6, 6.07) is 0. The maximum absolute atomic E-state index is 5.43. The van der Waals surface area contributed by atoms with Gasteiger partial charge in [-0.2, -0.15) is 4.98 Å². The standard InChI is InChI=1S/C12H23N3O2/c1-3-16-10(2)12-14-11(17-15-12)8-6-4-5-7-9-13/h10H,3-9,13H2,1-2H3. The Balaban J connectivity index is 2.25. The van der Waals surface area contributed by atoms with Crippen LogP contribution in [0.3, 0.4) is 0 Å². The Morgan fingerprint density at radius 1 is 1.29 bits per heavy atom. The Morgan fingerprint density at radius 3 is 2.76 bits per heavy atom. The smallest absolute Gasteiger partial charge is 0.226 e. The predicted molar refractivity (Wildman–Crippen MR) is 65.6 cm³/mol. The lowest BCUT2D eigenvalue weighted by molar-refractivity contribution is 0.0683. The molecule has 5 heteroatoms. The lowest BCUT2D eigenvalue weighted by Crippen LogP contribution is -2.01. The maximum Gasteiger partial charge on any atom is 0.226 e. The van der Waals surface area contributed by atoms with Gasteiger partial charge >= 0.3 is 0 Å². The molecule has 2 N–H and O–H groups in total. The van der Waals surface area contributed by atoms with Crippen molar-refractivity contribution in [1.82, 2.24) is 10.1 Å². The molecule has 17 heavy (non-hydrogen) atoms. The minimum Gasteiger partial charge on any atom is -0.371 e. The Hall–Kier alpha value is -0.940. The molecule has 0 saturated carbocycles. The monoisotopic (exact) mass is 241 g/mol. The number of hydrogen-bond acceptors (Lipinski definition) is 5. The highest BCUT2D eigenvalue weighted by Gasteiger charge is 2.13. The van der Waals surface area contributed by atoms with Crippen molar-refractivity contribution in [3.63, 3.8) is 0 Å². The van der Waals surface area contributed by atoms with Gasteiger partial charge in [-0.1, -0.05) is 18.0 Å². The molecule has 0 aliphatic carbocycles. The summed E-state index contributed by atoms with van der Waals surface area (Å²) in [7, 11) is 0. The molecule has 0 saturated heterocycles. The number of rotatable bonds is 9. The maximum atomic E-state index is 5.43. The van der Waals surface area contributed by atoms with Crippen LogP contribution in [0.25, 0.3) is 0 Å². The van der Waals surface area contributed by atoms with Gasteiger partial charge in [0.15, 0.2) is 5.82 Å². The molecule has 1 rings (SSSR count). The highest BCUT2D eigenvalue weighted by atomic mass is 16.5. The zero-order valence-electron chi connectivity index (χ0n) is 10.8. The molecule has 1 aromatic rings. The molecule has 1 aromatic heterocycles. The van der Waals surface area contributed by atoms with Gasteiger partial charge in [0.2, 0.25) is 5.89 Å². The van der Waals surface area contributed by atoms with Crippen LogP contribution in [0.5, 0.6) is 0 Å². The van der Waals surface area contributed by atoms with Crippen LogP contribution in [-0.2, 0) is 11.2 Å². The van der Waals surface area contributed by atoms with Gasteiger partial charge in [0, 0.05) is 13.0 Å². The highest BCUT2D eigenvalue weighted by molar-refractivity contribution is 4.89.